The Balaban J connectivity index is 0.000000171. The summed E-state index contributed by atoms with van der Waals surface area (Å²) in [4.78, 5) is 0. The van der Waals surface area contributed by atoms with Crippen molar-refractivity contribution in [3.63, 3.8) is 0 Å². The predicted molar refractivity (Wildman–Crippen MR) is 76.4 cm³/mol. The van der Waals surface area contributed by atoms with Crippen LogP contribution in [0, 0.1) is 0 Å². The summed E-state index contributed by atoms with van der Waals surface area (Å²) in [7, 11) is 0. The number of halogens is 1. The Kier molecular flexibility index (Phi) is 5.58. The van der Waals surface area contributed by atoms with E-state index in [2.05, 4.69) is 38.1 Å². The van der Waals surface area contributed by atoms with Gasteiger partial charge in [-0.2, -0.15) is 0 Å². The molecule has 2 aromatic carbocycles. The molecule has 0 aromatic heterocycles. The Labute approximate surface area is 108 Å². The summed E-state index contributed by atoms with van der Waals surface area (Å²) in [6.45, 7) is 4.41. The third-order valence-electron chi connectivity index (χ3n) is 2.37. The summed E-state index contributed by atoms with van der Waals surface area (Å²) in [5, 5.41) is 0.618. The van der Waals surface area contributed by atoms with Crippen LogP contribution < -0.4 is 5.73 Å². The van der Waals surface area contributed by atoms with Crippen LogP contribution in [-0.2, 0) is 0 Å². The summed E-state index contributed by atoms with van der Waals surface area (Å²) in [5.74, 6) is 0.659. The zero-order valence-corrected chi connectivity index (χ0v) is 11.0. The number of nitrogens with two attached hydrogens (primary N) is 1. The monoisotopic (exact) mass is 247 g/mol. The molecule has 2 N–H and O–H groups in total. The number of hydrogen-bond donors (Lipinski definition) is 1. The fraction of sp³-hybridized carbons (Fsp3) is 0.200. The Morgan fingerprint density at radius 1 is 0.882 bits per heavy atom. The van der Waals surface area contributed by atoms with Crippen molar-refractivity contribution in [3.8, 4) is 0 Å². The van der Waals surface area contributed by atoms with Crippen molar-refractivity contribution in [2.24, 2.45) is 0 Å². The molecule has 0 heterocycles. The molecule has 0 saturated carbocycles. The molecule has 0 unspecified atom stereocenters. The topological polar surface area (TPSA) is 26.0 Å². The van der Waals surface area contributed by atoms with E-state index in [1.807, 2.05) is 18.2 Å². The van der Waals surface area contributed by atoms with Gasteiger partial charge in [-0.3, -0.25) is 0 Å². The lowest BCUT2D eigenvalue weighted by Gasteiger charge is -2.01. The van der Waals surface area contributed by atoms with E-state index in [1.165, 1.54) is 5.56 Å². The number of para-hydroxylation sites is 1. The van der Waals surface area contributed by atoms with Gasteiger partial charge in [-0.25, -0.2) is 0 Å². The number of rotatable bonds is 1. The molecule has 0 aliphatic rings. The molecule has 1 nitrogen and oxygen atoms in total. The first-order chi connectivity index (χ1) is 8.11. The molecular weight excluding hydrogens is 230 g/mol. The molecular formula is C15H18ClN. The maximum Gasteiger partial charge on any atom is 0.0635 e. The first-order valence-electron chi connectivity index (χ1n) is 5.66. The van der Waals surface area contributed by atoms with Crippen molar-refractivity contribution in [3.05, 3.63) is 65.2 Å². The van der Waals surface area contributed by atoms with E-state index in [0.29, 0.717) is 16.6 Å². The van der Waals surface area contributed by atoms with Crippen LogP contribution in [0.3, 0.4) is 0 Å². The van der Waals surface area contributed by atoms with Gasteiger partial charge in [-0.05, 0) is 23.6 Å². The van der Waals surface area contributed by atoms with Crippen LogP contribution in [0.25, 0.3) is 0 Å². The average molecular weight is 248 g/mol. The van der Waals surface area contributed by atoms with Crippen LogP contribution in [0.1, 0.15) is 25.3 Å². The number of benzene rings is 2. The molecule has 0 spiro atoms. The summed E-state index contributed by atoms with van der Waals surface area (Å²) in [6.07, 6.45) is 0. The quantitative estimate of drug-likeness (QED) is 0.725. The highest BCUT2D eigenvalue weighted by molar-refractivity contribution is 6.33. The standard InChI is InChI=1S/C9H12.C6H6ClN/c1-8(2)9-6-4-3-5-7-9;7-5-3-1-2-4-6(5)8/h3-8H,1-2H3;1-4H,8H2. The van der Waals surface area contributed by atoms with Gasteiger partial charge >= 0.3 is 0 Å². The van der Waals surface area contributed by atoms with Gasteiger partial charge in [0.25, 0.3) is 0 Å². The average Bonchev–Trinajstić information content (AvgIpc) is 2.35. The largest absolute Gasteiger partial charge is 0.398 e. The lowest BCUT2D eigenvalue weighted by Crippen LogP contribution is -1.83. The first-order valence-corrected chi connectivity index (χ1v) is 6.04. The Bertz CT molecular complexity index is 417. The summed E-state index contributed by atoms with van der Waals surface area (Å²) in [6, 6.07) is 17.7. The normalized spacial score (nSPS) is 9.65. The molecule has 2 aromatic rings. The van der Waals surface area contributed by atoms with Crippen LogP contribution in [0.2, 0.25) is 5.02 Å². The Hall–Kier alpha value is -1.47. The van der Waals surface area contributed by atoms with Crippen LogP contribution in [0.4, 0.5) is 5.69 Å². The molecule has 0 radical (unpaired) electrons. The third-order valence-corrected chi connectivity index (χ3v) is 2.72. The lowest BCUT2D eigenvalue weighted by molar-refractivity contribution is 0.867. The minimum absolute atomic E-state index is 0.618. The zero-order chi connectivity index (χ0) is 12.7. The second-order valence-corrected chi connectivity index (χ2v) is 4.49. The van der Waals surface area contributed by atoms with Crippen molar-refractivity contribution >= 4 is 17.3 Å². The van der Waals surface area contributed by atoms with Gasteiger partial charge < -0.3 is 5.73 Å². The number of hydrogen-bond acceptors (Lipinski definition) is 1. The molecule has 0 aliphatic carbocycles. The second-order valence-electron chi connectivity index (χ2n) is 4.09. The first kappa shape index (κ1) is 13.6. The van der Waals surface area contributed by atoms with Gasteiger partial charge in [-0.15, -0.1) is 0 Å². The van der Waals surface area contributed by atoms with Gasteiger partial charge in [0.2, 0.25) is 0 Å². The minimum Gasteiger partial charge on any atom is -0.398 e. The molecule has 0 fully saturated rings. The molecule has 90 valence electrons. The highest BCUT2D eigenvalue weighted by Crippen LogP contribution is 2.15. The highest BCUT2D eigenvalue weighted by atomic mass is 35.5. The maximum atomic E-state index is 5.58. The summed E-state index contributed by atoms with van der Waals surface area (Å²) >= 11 is 5.58. The van der Waals surface area contributed by atoms with Gasteiger partial charge in [0, 0.05) is 0 Å². The molecule has 0 aliphatic heterocycles. The molecule has 0 saturated heterocycles. The molecule has 2 rings (SSSR count). The van der Waals surface area contributed by atoms with Gasteiger partial charge in [0.05, 0.1) is 10.7 Å². The molecule has 0 amide bonds. The van der Waals surface area contributed by atoms with E-state index in [-0.39, 0.29) is 0 Å². The van der Waals surface area contributed by atoms with Gasteiger partial charge in [0.15, 0.2) is 0 Å². The third kappa shape index (κ3) is 4.92. The van der Waals surface area contributed by atoms with Crippen molar-refractivity contribution in [1.82, 2.24) is 0 Å². The van der Waals surface area contributed by atoms with Crippen molar-refractivity contribution < 1.29 is 0 Å². The minimum atomic E-state index is 0.618. The molecule has 0 bridgehead atoms. The van der Waals surface area contributed by atoms with E-state index >= 15 is 0 Å². The van der Waals surface area contributed by atoms with E-state index < -0.39 is 0 Å². The number of anilines is 1. The zero-order valence-electron chi connectivity index (χ0n) is 10.2. The fourth-order valence-corrected chi connectivity index (χ4v) is 1.45. The molecule has 0 atom stereocenters. The number of nitrogen functional groups attached to an aromatic ring is 1. The molecule has 17 heavy (non-hydrogen) atoms. The lowest BCUT2D eigenvalue weighted by atomic mass is 10.0. The van der Waals surface area contributed by atoms with Crippen LogP contribution in [0.5, 0.6) is 0 Å². The second kappa shape index (κ2) is 6.97. The Morgan fingerprint density at radius 2 is 1.41 bits per heavy atom. The summed E-state index contributed by atoms with van der Waals surface area (Å²) < 4.78 is 0. The van der Waals surface area contributed by atoms with Crippen molar-refractivity contribution in [2.45, 2.75) is 19.8 Å². The van der Waals surface area contributed by atoms with E-state index in [1.54, 1.807) is 12.1 Å². The van der Waals surface area contributed by atoms with E-state index in [4.69, 9.17) is 17.3 Å². The predicted octanol–water partition coefficient (Wildman–Crippen LogP) is 4.73. The van der Waals surface area contributed by atoms with Crippen LogP contribution in [-0.4, -0.2) is 0 Å². The van der Waals surface area contributed by atoms with Gasteiger partial charge in [0.1, 0.15) is 0 Å². The smallest absolute Gasteiger partial charge is 0.0635 e. The van der Waals surface area contributed by atoms with Gasteiger partial charge in [-0.1, -0.05) is 67.9 Å². The highest BCUT2D eigenvalue weighted by Gasteiger charge is 1.93. The van der Waals surface area contributed by atoms with Crippen LogP contribution in [0.15, 0.2) is 54.6 Å². The fourth-order valence-electron chi connectivity index (χ4n) is 1.31. The molecule has 2 heteroatoms. The SMILES string of the molecule is CC(C)c1ccccc1.Nc1ccccc1Cl. The van der Waals surface area contributed by atoms with Crippen molar-refractivity contribution in [2.75, 3.05) is 5.73 Å². The van der Waals surface area contributed by atoms with Crippen molar-refractivity contribution in [1.29, 1.82) is 0 Å². The maximum absolute atomic E-state index is 5.58. The van der Waals surface area contributed by atoms with Crippen LogP contribution >= 0.6 is 11.6 Å². The Morgan fingerprint density at radius 3 is 1.76 bits per heavy atom. The van der Waals surface area contributed by atoms with E-state index in [0.717, 1.165) is 0 Å². The van der Waals surface area contributed by atoms with E-state index in [9.17, 15) is 0 Å². The summed E-state index contributed by atoms with van der Waals surface area (Å²) in [5.41, 5.74) is 7.44.